The number of benzene rings is 1. The lowest BCUT2D eigenvalue weighted by atomic mass is 9.81. The number of halogens is 3. The van der Waals surface area contributed by atoms with Crippen LogP contribution >= 0.6 is 43.5 Å². The van der Waals surface area contributed by atoms with Gasteiger partial charge in [-0.1, -0.05) is 43.5 Å². The monoisotopic (exact) mass is 461 g/mol. The number of anilines is 1. The van der Waals surface area contributed by atoms with Gasteiger partial charge in [0.25, 0.3) is 0 Å². The van der Waals surface area contributed by atoms with Crippen LogP contribution in [0, 0.1) is 23.7 Å². The number of alkyl halides is 2. The normalized spacial score (nSPS) is 38.3. The van der Waals surface area contributed by atoms with Crippen molar-refractivity contribution in [2.45, 2.75) is 16.1 Å². The fraction of sp³-hybridized carbons (Fsp3) is 0.500. The molecule has 2 saturated carbocycles. The first-order valence-corrected chi connectivity index (χ1v) is 9.66. The van der Waals surface area contributed by atoms with Gasteiger partial charge in [-0.05, 0) is 36.5 Å². The number of hydrogen-bond donors (Lipinski definition) is 0. The number of rotatable bonds is 2. The smallest absolute Gasteiger partial charge is 0.238 e. The molecule has 7 heteroatoms. The molecule has 2 amide bonds. The number of hydrogen-bond acceptors (Lipinski definition) is 3. The number of methoxy groups -OCH3 is 1. The average Bonchev–Trinajstić information content (AvgIpc) is 3.12. The summed E-state index contributed by atoms with van der Waals surface area (Å²) in [7, 11) is 1.52. The fourth-order valence-corrected chi connectivity index (χ4v) is 6.46. The van der Waals surface area contributed by atoms with Gasteiger partial charge < -0.3 is 4.74 Å². The van der Waals surface area contributed by atoms with E-state index >= 15 is 0 Å². The Kier molecular flexibility index (Phi) is 3.78. The summed E-state index contributed by atoms with van der Waals surface area (Å²) in [5.74, 6) is 0.133. The van der Waals surface area contributed by atoms with Gasteiger partial charge in [-0.25, -0.2) is 4.90 Å². The second kappa shape index (κ2) is 5.46. The van der Waals surface area contributed by atoms with Gasteiger partial charge in [0.2, 0.25) is 11.8 Å². The van der Waals surface area contributed by atoms with E-state index in [4.69, 9.17) is 16.3 Å². The van der Waals surface area contributed by atoms with Crippen molar-refractivity contribution in [3.8, 4) is 5.75 Å². The van der Waals surface area contributed by atoms with Crippen molar-refractivity contribution in [2.24, 2.45) is 23.7 Å². The summed E-state index contributed by atoms with van der Waals surface area (Å²) in [5.41, 5.74) is 0.445. The molecule has 0 unspecified atom stereocenters. The van der Waals surface area contributed by atoms with Gasteiger partial charge >= 0.3 is 0 Å². The number of carbonyl (C=O) groups excluding carboxylic acids is 2. The lowest BCUT2D eigenvalue weighted by molar-refractivity contribution is -0.123. The van der Waals surface area contributed by atoms with Crippen LogP contribution < -0.4 is 9.64 Å². The lowest BCUT2D eigenvalue weighted by Crippen LogP contribution is -2.37. The van der Waals surface area contributed by atoms with Gasteiger partial charge in [-0.2, -0.15) is 0 Å². The molecule has 4 nitrogen and oxygen atoms in total. The molecule has 1 aliphatic heterocycles. The van der Waals surface area contributed by atoms with Crippen molar-refractivity contribution in [3.63, 3.8) is 0 Å². The van der Waals surface area contributed by atoms with Gasteiger partial charge in [0, 0.05) is 14.7 Å². The van der Waals surface area contributed by atoms with Crippen molar-refractivity contribution in [3.05, 3.63) is 23.2 Å². The van der Waals surface area contributed by atoms with Crippen LogP contribution in [-0.2, 0) is 9.59 Å². The molecular formula is C16H14Br2ClNO3. The Labute approximate surface area is 155 Å². The molecule has 4 rings (SSSR count). The van der Waals surface area contributed by atoms with E-state index in [1.165, 1.54) is 12.0 Å². The third-order valence-corrected chi connectivity index (χ3v) is 8.81. The maximum atomic E-state index is 13.0. The lowest BCUT2D eigenvalue weighted by Gasteiger charge is -2.28. The molecule has 2 aliphatic carbocycles. The standard InChI is InChI=1S/C16H14Br2ClNO3/c1-23-10-3-2-6(19)4-9(10)20-15(21)11-7-5-8(12(11)16(20)22)14(18)13(7)17/h2-4,7-8,11-14H,5H2,1H3/t7-,8-,11-,12-,13-,14+/m0/s1. The largest absolute Gasteiger partial charge is 0.495 e. The zero-order chi connectivity index (χ0) is 16.5. The van der Waals surface area contributed by atoms with Crippen LogP contribution in [0.3, 0.4) is 0 Å². The number of ether oxygens (including phenoxy) is 1. The summed E-state index contributed by atoms with van der Waals surface area (Å²) in [5, 5.41) is 0.471. The quantitative estimate of drug-likeness (QED) is 0.497. The minimum atomic E-state index is -0.241. The van der Waals surface area contributed by atoms with Crippen LogP contribution in [0.1, 0.15) is 6.42 Å². The Morgan fingerprint density at radius 3 is 2.22 bits per heavy atom. The number of amides is 2. The molecule has 3 aliphatic rings. The van der Waals surface area contributed by atoms with Crippen molar-refractivity contribution in [2.75, 3.05) is 12.0 Å². The van der Waals surface area contributed by atoms with E-state index in [2.05, 4.69) is 31.9 Å². The molecule has 6 atom stereocenters. The molecular weight excluding hydrogens is 449 g/mol. The predicted octanol–water partition coefficient (Wildman–Crippen LogP) is 3.63. The number of nitrogens with zero attached hydrogens (tertiary/aromatic N) is 1. The Hall–Kier alpha value is -0.590. The van der Waals surface area contributed by atoms with E-state index in [-0.39, 0.29) is 45.1 Å². The third kappa shape index (κ3) is 2.07. The van der Waals surface area contributed by atoms with E-state index in [0.29, 0.717) is 16.5 Å². The minimum absolute atomic E-state index is 0.128. The van der Waals surface area contributed by atoms with E-state index in [1.807, 2.05) is 0 Å². The molecule has 1 aromatic rings. The first-order chi connectivity index (χ1) is 11.0. The molecule has 3 fully saturated rings. The molecule has 2 bridgehead atoms. The summed E-state index contributed by atoms with van der Waals surface area (Å²) >= 11 is 13.4. The van der Waals surface area contributed by atoms with Crippen LogP contribution in [0.25, 0.3) is 0 Å². The van der Waals surface area contributed by atoms with E-state index < -0.39 is 0 Å². The Balaban J connectivity index is 1.78. The average molecular weight is 464 g/mol. The van der Waals surface area contributed by atoms with E-state index in [9.17, 15) is 9.59 Å². The Bertz CT molecular complexity index is 681. The summed E-state index contributed by atoms with van der Waals surface area (Å²) in [6.45, 7) is 0. The van der Waals surface area contributed by atoms with E-state index in [1.54, 1.807) is 18.2 Å². The van der Waals surface area contributed by atoms with Gasteiger partial charge in [-0.3, -0.25) is 9.59 Å². The highest BCUT2D eigenvalue weighted by Gasteiger charge is 2.66. The molecule has 1 saturated heterocycles. The number of imide groups is 1. The highest BCUT2D eigenvalue weighted by Crippen LogP contribution is 2.60. The van der Waals surface area contributed by atoms with Gasteiger partial charge in [0.15, 0.2) is 0 Å². The summed E-state index contributed by atoms with van der Waals surface area (Å²) < 4.78 is 5.32. The van der Waals surface area contributed by atoms with Crippen LogP contribution in [0.15, 0.2) is 18.2 Å². The molecule has 1 heterocycles. The van der Waals surface area contributed by atoms with Crippen LogP contribution in [0.4, 0.5) is 5.69 Å². The van der Waals surface area contributed by atoms with Crippen LogP contribution in [-0.4, -0.2) is 28.6 Å². The maximum absolute atomic E-state index is 13.0. The zero-order valence-electron chi connectivity index (χ0n) is 12.2. The molecule has 0 aromatic heterocycles. The molecule has 1 aromatic carbocycles. The molecule has 0 spiro atoms. The van der Waals surface area contributed by atoms with Crippen molar-refractivity contribution in [1.82, 2.24) is 0 Å². The van der Waals surface area contributed by atoms with Crippen LogP contribution in [0.5, 0.6) is 5.75 Å². The second-order valence-electron chi connectivity index (χ2n) is 6.33. The first-order valence-electron chi connectivity index (χ1n) is 7.45. The van der Waals surface area contributed by atoms with Gasteiger partial charge in [-0.15, -0.1) is 0 Å². The number of carbonyl (C=O) groups is 2. The fourth-order valence-electron chi connectivity index (χ4n) is 4.42. The predicted molar refractivity (Wildman–Crippen MR) is 94.5 cm³/mol. The second-order valence-corrected chi connectivity index (χ2v) is 8.88. The van der Waals surface area contributed by atoms with Gasteiger partial charge in [0.05, 0.1) is 24.6 Å². The zero-order valence-corrected chi connectivity index (χ0v) is 16.1. The minimum Gasteiger partial charge on any atom is -0.495 e. The summed E-state index contributed by atoms with van der Waals surface area (Å²) in [6, 6.07) is 4.99. The first kappa shape index (κ1) is 15.9. The van der Waals surface area contributed by atoms with Gasteiger partial charge in [0.1, 0.15) is 5.75 Å². The molecule has 0 radical (unpaired) electrons. The van der Waals surface area contributed by atoms with Crippen LogP contribution in [0.2, 0.25) is 5.02 Å². The third-order valence-electron chi connectivity index (χ3n) is 5.37. The Morgan fingerprint density at radius 1 is 1.13 bits per heavy atom. The number of fused-ring (bicyclic) bond motifs is 5. The highest BCUT2D eigenvalue weighted by atomic mass is 79.9. The van der Waals surface area contributed by atoms with Crippen molar-refractivity contribution >= 4 is 61.0 Å². The topological polar surface area (TPSA) is 46.6 Å². The Morgan fingerprint density at radius 2 is 1.70 bits per heavy atom. The highest BCUT2D eigenvalue weighted by molar-refractivity contribution is 9.12. The van der Waals surface area contributed by atoms with Crippen molar-refractivity contribution in [1.29, 1.82) is 0 Å². The summed E-state index contributed by atoms with van der Waals surface area (Å²) in [4.78, 5) is 27.7. The SMILES string of the molecule is COc1ccc(Cl)cc1N1C(=O)[C@H]2[C@@H]3C[C@H]([C@@H](Br)[C@H]3Br)[C@@H]2C1=O. The molecule has 0 N–H and O–H groups in total. The molecule has 23 heavy (non-hydrogen) atoms. The van der Waals surface area contributed by atoms with Crippen molar-refractivity contribution < 1.29 is 14.3 Å². The van der Waals surface area contributed by atoms with E-state index in [0.717, 1.165) is 6.42 Å². The maximum Gasteiger partial charge on any atom is 0.238 e. The molecule has 122 valence electrons. The summed E-state index contributed by atoms with van der Waals surface area (Å²) in [6.07, 6.45) is 0.916.